The molecule has 2 saturated heterocycles. The first-order chi connectivity index (χ1) is 11.3. The Kier molecular flexibility index (Phi) is 5.26. The summed E-state index contributed by atoms with van der Waals surface area (Å²) in [5, 5.41) is 10.9. The summed E-state index contributed by atoms with van der Waals surface area (Å²) in [7, 11) is -0.572. The minimum absolute atomic E-state index is 0.130. The maximum Gasteiger partial charge on any atom is 0.497 e. The molecule has 0 unspecified atom stereocenters. The number of hydrogen-bond acceptors (Lipinski definition) is 6. The number of allylic oxidation sites excluding steroid dienone is 1. The van der Waals surface area contributed by atoms with E-state index in [1.807, 2.05) is 48.5 Å². The second-order valence-corrected chi connectivity index (χ2v) is 8.63. The van der Waals surface area contributed by atoms with Crippen molar-refractivity contribution in [2.75, 3.05) is 13.1 Å². The SMILES string of the molecule is CC(C)(C)OC(=O)N1CC(N/C=C(\C=N)B2OC(C)(C)C(C)(C)O2)C1. The van der Waals surface area contributed by atoms with Crippen LogP contribution in [0.4, 0.5) is 4.79 Å². The molecule has 0 aromatic heterocycles. The summed E-state index contributed by atoms with van der Waals surface area (Å²) in [5.41, 5.74) is -0.748. The highest BCUT2D eigenvalue weighted by atomic mass is 16.7. The number of carbonyl (C=O) groups excluding carboxylic acids is 1. The molecule has 2 rings (SSSR count). The molecule has 2 aliphatic heterocycles. The zero-order valence-electron chi connectivity index (χ0n) is 16.3. The standard InChI is InChI=1S/C17H30BN3O4/c1-15(2,3)23-14(22)21-10-13(11-21)20-9-12(8-19)18-24-16(4,5)17(6,7)25-18/h8-9,13,19-20H,10-11H2,1-7H3/b12-9+,19-8?. The summed E-state index contributed by atoms with van der Waals surface area (Å²) in [5.74, 6) is 0. The average Bonchev–Trinajstić information content (AvgIpc) is 2.58. The molecule has 0 spiro atoms. The first-order valence-electron chi connectivity index (χ1n) is 8.65. The van der Waals surface area contributed by atoms with E-state index in [-0.39, 0.29) is 12.1 Å². The molecule has 7 nitrogen and oxygen atoms in total. The molecule has 25 heavy (non-hydrogen) atoms. The average molecular weight is 351 g/mol. The predicted molar refractivity (Wildman–Crippen MR) is 97.7 cm³/mol. The van der Waals surface area contributed by atoms with Gasteiger partial charge in [-0.25, -0.2) is 4.79 Å². The van der Waals surface area contributed by atoms with Crippen molar-refractivity contribution < 1.29 is 18.8 Å². The van der Waals surface area contributed by atoms with Crippen LogP contribution in [0.5, 0.6) is 0 Å². The fourth-order valence-electron chi connectivity index (χ4n) is 2.43. The van der Waals surface area contributed by atoms with E-state index in [4.69, 9.17) is 19.5 Å². The van der Waals surface area contributed by atoms with Crippen LogP contribution in [0.2, 0.25) is 0 Å². The molecule has 0 saturated carbocycles. The van der Waals surface area contributed by atoms with Gasteiger partial charge in [0.15, 0.2) is 0 Å². The highest BCUT2D eigenvalue weighted by molar-refractivity contribution is 6.60. The highest BCUT2D eigenvalue weighted by Crippen LogP contribution is 2.38. The Bertz CT molecular complexity index is 547. The summed E-state index contributed by atoms with van der Waals surface area (Å²) in [6.45, 7) is 14.6. The number of nitrogens with one attached hydrogen (secondary N) is 2. The molecule has 0 aliphatic carbocycles. The summed E-state index contributed by atoms with van der Waals surface area (Å²) >= 11 is 0. The van der Waals surface area contributed by atoms with Crippen LogP contribution in [-0.4, -0.2) is 60.3 Å². The topological polar surface area (TPSA) is 83.9 Å². The van der Waals surface area contributed by atoms with Gasteiger partial charge in [-0.3, -0.25) is 0 Å². The number of carbonyl (C=O) groups is 1. The van der Waals surface area contributed by atoms with Gasteiger partial charge in [-0.05, 0) is 54.7 Å². The van der Waals surface area contributed by atoms with Crippen molar-refractivity contribution in [3.8, 4) is 0 Å². The van der Waals surface area contributed by atoms with E-state index in [1.54, 1.807) is 11.1 Å². The van der Waals surface area contributed by atoms with Gasteiger partial charge >= 0.3 is 13.2 Å². The zero-order valence-corrected chi connectivity index (χ0v) is 16.3. The van der Waals surface area contributed by atoms with E-state index in [1.165, 1.54) is 6.21 Å². The number of likely N-dealkylation sites (tertiary alicyclic amines) is 1. The van der Waals surface area contributed by atoms with Crippen LogP contribution >= 0.6 is 0 Å². The Morgan fingerprint density at radius 3 is 2.20 bits per heavy atom. The number of hydrogen-bond donors (Lipinski definition) is 2. The van der Waals surface area contributed by atoms with E-state index >= 15 is 0 Å². The summed E-state index contributed by atoms with van der Waals surface area (Å²) in [6.07, 6.45) is 2.68. The van der Waals surface area contributed by atoms with Crippen LogP contribution in [0.3, 0.4) is 0 Å². The third kappa shape index (κ3) is 4.55. The Balaban J connectivity index is 1.86. The summed E-state index contributed by atoms with van der Waals surface area (Å²) < 4.78 is 17.2. The Labute approximate surface area is 150 Å². The van der Waals surface area contributed by atoms with Gasteiger partial charge in [0.2, 0.25) is 0 Å². The Hall–Kier alpha value is -1.54. The van der Waals surface area contributed by atoms with Crippen LogP contribution < -0.4 is 5.32 Å². The molecule has 1 amide bonds. The molecule has 2 aliphatic rings. The van der Waals surface area contributed by atoms with E-state index in [2.05, 4.69) is 5.32 Å². The van der Waals surface area contributed by atoms with E-state index < -0.39 is 23.9 Å². The molecular weight excluding hydrogens is 321 g/mol. The van der Waals surface area contributed by atoms with Gasteiger partial charge in [-0.1, -0.05) is 0 Å². The first-order valence-corrected chi connectivity index (χ1v) is 8.65. The van der Waals surface area contributed by atoms with Gasteiger partial charge in [0, 0.05) is 24.8 Å². The molecule has 8 heteroatoms. The second-order valence-electron chi connectivity index (χ2n) is 8.63. The van der Waals surface area contributed by atoms with E-state index in [9.17, 15) is 4.79 Å². The minimum atomic E-state index is -0.572. The normalized spacial score (nSPS) is 23.2. The van der Waals surface area contributed by atoms with Gasteiger partial charge in [0.05, 0.1) is 17.2 Å². The molecule has 0 bridgehead atoms. The van der Waals surface area contributed by atoms with Gasteiger partial charge in [0.25, 0.3) is 0 Å². The molecule has 0 aromatic rings. The third-order valence-corrected chi connectivity index (χ3v) is 4.71. The molecule has 0 aromatic carbocycles. The predicted octanol–water partition coefficient (Wildman–Crippen LogP) is 2.36. The Morgan fingerprint density at radius 1 is 1.24 bits per heavy atom. The maximum atomic E-state index is 11.9. The van der Waals surface area contributed by atoms with Crippen molar-refractivity contribution in [3.63, 3.8) is 0 Å². The molecular formula is C17H30BN3O4. The molecule has 0 atom stereocenters. The third-order valence-electron chi connectivity index (χ3n) is 4.71. The van der Waals surface area contributed by atoms with Crippen LogP contribution in [0.25, 0.3) is 0 Å². The van der Waals surface area contributed by atoms with Gasteiger partial charge in [0.1, 0.15) is 5.60 Å². The van der Waals surface area contributed by atoms with E-state index in [0.29, 0.717) is 18.6 Å². The number of rotatable bonds is 4. The molecule has 2 N–H and O–H groups in total. The molecule has 140 valence electrons. The van der Waals surface area contributed by atoms with Gasteiger partial charge in [-0.15, -0.1) is 0 Å². The number of nitrogens with zero attached hydrogens (tertiary/aromatic N) is 1. The van der Waals surface area contributed by atoms with Crippen LogP contribution in [-0.2, 0) is 14.0 Å². The van der Waals surface area contributed by atoms with Gasteiger partial charge < -0.3 is 29.7 Å². The van der Waals surface area contributed by atoms with Crippen LogP contribution in [0, 0.1) is 5.41 Å². The van der Waals surface area contributed by atoms with Crippen molar-refractivity contribution >= 4 is 19.4 Å². The maximum absolute atomic E-state index is 11.9. The second kappa shape index (κ2) is 6.65. The minimum Gasteiger partial charge on any atom is -0.444 e. The van der Waals surface area contributed by atoms with Crippen molar-refractivity contribution in [2.24, 2.45) is 0 Å². The van der Waals surface area contributed by atoms with E-state index in [0.717, 1.165) is 0 Å². The van der Waals surface area contributed by atoms with Crippen LogP contribution in [0.1, 0.15) is 48.5 Å². The van der Waals surface area contributed by atoms with Crippen molar-refractivity contribution in [1.82, 2.24) is 10.2 Å². The molecule has 2 fully saturated rings. The van der Waals surface area contributed by atoms with Gasteiger partial charge in [-0.2, -0.15) is 0 Å². The monoisotopic (exact) mass is 351 g/mol. The van der Waals surface area contributed by atoms with Crippen molar-refractivity contribution in [2.45, 2.75) is 71.3 Å². The highest BCUT2D eigenvalue weighted by Gasteiger charge is 2.52. The fraction of sp³-hybridized carbons (Fsp3) is 0.765. The number of amides is 1. The lowest BCUT2D eigenvalue weighted by atomic mass is 9.79. The fourth-order valence-corrected chi connectivity index (χ4v) is 2.43. The van der Waals surface area contributed by atoms with Crippen LogP contribution in [0.15, 0.2) is 11.7 Å². The smallest absolute Gasteiger partial charge is 0.444 e. The lowest BCUT2D eigenvalue weighted by Crippen LogP contribution is -2.59. The van der Waals surface area contributed by atoms with Crippen molar-refractivity contribution in [1.29, 1.82) is 5.41 Å². The lowest BCUT2D eigenvalue weighted by molar-refractivity contribution is 0.00578. The quantitative estimate of drug-likeness (QED) is 0.600. The molecule has 2 heterocycles. The largest absolute Gasteiger partial charge is 0.497 e. The first kappa shape index (κ1) is 19.8. The number of ether oxygens (including phenoxy) is 1. The summed E-state index contributed by atoms with van der Waals surface area (Å²) in [6, 6.07) is 0.130. The van der Waals surface area contributed by atoms with Crippen molar-refractivity contribution in [3.05, 3.63) is 11.7 Å². The zero-order chi connectivity index (χ0) is 19.0. The molecule has 0 radical (unpaired) electrons. The summed E-state index contributed by atoms with van der Waals surface area (Å²) in [4.78, 5) is 13.6. The lowest BCUT2D eigenvalue weighted by Gasteiger charge is -2.39. The Morgan fingerprint density at radius 2 is 1.76 bits per heavy atom.